The average Bonchev–Trinajstić information content (AvgIpc) is 2.12. The van der Waals surface area contributed by atoms with Gasteiger partial charge in [-0.2, -0.15) is 0 Å². The van der Waals surface area contributed by atoms with Crippen molar-refractivity contribution >= 4 is 0 Å². The van der Waals surface area contributed by atoms with E-state index in [0.29, 0.717) is 5.41 Å². The van der Waals surface area contributed by atoms with Gasteiger partial charge in [-0.05, 0) is 61.7 Å². The molecule has 0 unspecified atom stereocenters. The molecule has 0 aromatic heterocycles. The van der Waals surface area contributed by atoms with E-state index in [2.05, 4.69) is 12.2 Å². The van der Waals surface area contributed by atoms with Crippen molar-refractivity contribution in [2.45, 2.75) is 38.5 Å². The van der Waals surface area contributed by atoms with Gasteiger partial charge in [0.25, 0.3) is 0 Å². The maximum Gasteiger partial charge on any atom is 0.0107 e. The fourth-order valence-electron chi connectivity index (χ4n) is 4.70. The van der Waals surface area contributed by atoms with Crippen LogP contribution < -0.4 is 5.73 Å². The minimum absolute atomic E-state index is 0.591. The topological polar surface area (TPSA) is 26.0 Å². The second kappa shape index (κ2) is 3.10. The molecule has 0 radical (unpaired) electrons. The van der Waals surface area contributed by atoms with Crippen molar-refractivity contribution in [2.75, 3.05) is 6.54 Å². The predicted octanol–water partition coefficient (Wildman–Crippen LogP) is 2.72. The second-order valence-electron chi connectivity index (χ2n) is 5.92. The molecule has 4 aliphatic rings. The molecule has 0 spiro atoms. The highest BCUT2D eigenvalue weighted by Crippen LogP contribution is 2.60. The maximum atomic E-state index is 5.57. The van der Waals surface area contributed by atoms with Gasteiger partial charge in [-0.25, -0.2) is 0 Å². The third-order valence-corrected chi connectivity index (χ3v) is 4.69. The van der Waals surface area contributed by atoms with E-state index in [4.69, 9.17) is 5.73 Å². The van der Waals surface area contributed by atoms with Crippen molar-refractivity contribution in [3.05, 3.63) is 12.2 Å². The molecule has 4 saturated carbocycles. The quantitative estimate of drug-likeness (QED) is 0.667. The van der Waals surface area contributed by atoms with Crippen molar-refractivity contribution in [2.24, 2.45) is 28.9 Å². The number of allylic oxidation sites excluding steroid dienone is 1. The molecular weight excluding hydrogens is 170 g/mol. The van der Waals surface area contributed by atoms with Gasteiger partial charge in [0.2, 0.25) is 0 Å². The normalized spacial score (nSPS) is 50.5. The Morgan fingerprint density at radius 3 is 1.93 bits per heavy atom. The SMILES string of the molecule is NC/C=C\C12CC3CC(CC(C3)C1)C2. The van der Waals surface area contributed by atoms with Crippen LogP contribution in [0.15, 0.2) is 12.2 Å². The molecule has 14 heavy (non-hydrogen) atoms. The van der Waals surface area contributed by atoms with Crippen LogP contribution in [-0.2, 0) is 0 Å². The smallest absolute Gasteiger partial charge is 0.0107 e. The number of rotatable bonds is 2. The van der Waals surface area contributed by atoms with Crippen LogP contribution in [0, 0.1) is 23.2 Å². The molecule has 4 aliphatic carbocycles. The van der Waals surface area contributed by atoms with Crippen LogP contribution in [-0.4, -0.2) is 6.54 Å². The summed E-state index contributed by atoms with van der Waals surface area (Å²) in [5, 5.41) is 0. The van der Waals surface area contributed by atoms with Crippen LogP contribution in [0.4, 0.5) is 0 Å². The first-order valence-corrected chi connectivity index (χ1v) is 6.17. The highest BCUT2D eigenvalue weighted by Gasteiger charge is 2.49. The molecule has 0 atom stereocenters. The third kappa shape index (κ3) is 1.33. The van der Waals surface area contributed by atoms with Crippen LogP contribution in [0.5, 0.6) is 0 Å². The van der Waals surface area contributed by atoms with Gasteiger partial charge in [0, 0.05) is 6.54 Å². The van der Waals surface area contributed by atoms with Gasteiger partial charge < -0.3 is 5.73 Å². The lowest BCUT2D eigenvalue weighted by atomic mass is 9.49. The molecule has 78 valence electrons. The molecule has 0 saturated heterocycles. The zero-order chi connectivity index (χ0) is 9.60. The van der Waals surface area contributed by atoms with Crippen molar-refractivity contribution in [1.82, 2.24) is 0 Å². The van der Waals surface area contributed by atoms with Crippen molar-refractivity contribution in [1.29, 1.82) is 0 Å². The predicted molar refractivity (Wildman–Crippen MR) is 58.8 cm³/mol. The summed E-state index contributed by atoms with van der Waals surface area (Å²) in [4.78, 5) is 0. The van der Waals surface area contributed by atoms with E-state index in [1.165, 1.54) is 38.5 Å². The first kappa shape index (κ1) is 8.96. The summed E-state index contributed by atoms with van der Waals surface area (Å²) in [5.41, 5.74) is 6.16. The van der Waals surface area contributed by atoms with Gasteiger partial charge >= 0.3 is 0 Å². The molecule has 1 heteroatoms. The monoisotopic (exact) mass is 191 g/mol. The molecule has 2 N–H and O–H groups in total. The summed E-state index contributed by atoms with van der Waals surface area (Å²) in [5.74, 6) is 3.18. The highest BCUT2D eigenvalue weighted by molar-refractivity contribution is 5.10. The summed E-state index contributed by atoms with van der Waals surface area (Å²) < 4.78 is 0. The van der Waals surface area contributed by atoms with E-state index >= 15 is 0 Å². The summed E-state index contributed by atoms with van der Waals surface area (Å²) in [6.45, 7) is 0.724. The summed E-state index contributed by atoms with van der Waals surface area (Å²) >= 11 is 0. The van der Waals surface area contributed by atoms with Crippen molar-refractivity contribution in [3.8, 4) is 0 Å². The summed E-state index contributed by atoms with van der Waals surface area (Å²) in [7, 11) is 0. The fourth-order valence-corrected chi connectivity index (χ4v) is 4.70. The number of hydrogen-bond acceptors (Lipinski definition) is 1. The van der Waals surface area contributed by atoms with Crippen LogP contribution in [0.25, 0.3) is 0 Å². The minimum atomic E-state index is 0.591. The van der Waals surface area contributed by atoms with Gasteiger partial charge in [0.15, 0.2) is 0 Å². The van der Waals surface area contributed by atoms with Crippen LogP contribution >= 0.6 is 0 Å². The molecule has 1 nitrogen and oxygen atoms in total. The van der Waals surface area contributed by atoms with E-state index in [-0.39, 0.29) is 0 Å². The first-order valence-electron chi connectivity index (χ1n) is 6.17. The summed E-state index contributed by atoms with van der Waals surface area (Å²) in [6.07, 6.45) is 13.7. The maximum absolute atomic E-state index is 5.57. The van der Waals surface area contributed by atoms with Gasteiger partial charge in [-0.15, -0.1) is 0 Å². The lowest BCUT2D eigenvalue weighted by Gasteiger charge is -2.55. The van der Waals surface area contributed by atoms with E-state index < -0.39 is 0 Å². The molecule has 4 bridgehead atoms. The summed E-state index contributed by atoms with van der Waals surface area (Å²) in [6, 6.07) is 0. The molecule has 0 aromatic carbocycles. The van der Waals surface area contributed by atoms with Gasteiger partial charge in [0.05, 0.1) is 0 Å². The standard InChI is InChI=1S/C13H21N/c14-3-1-2-13-7-10-4-11(8-13)6-12(5-10)9-13/h1-2,10-12H,3-9,14H2/b2-1-. The molecule has 4 fully saturated rings. The lowest BCUT2D eigenvalue weighted by Crippen LogP contribution is -2.45. The minimum Gasteiger partial charge on any atom is -0.327 e. The zero-order valence-corrected chi connectivity index (χ0v) is 8.91. The zero-order valence-electron chi connectivity index (χ0n) is 8.91. The Labute approximate surface area is 86.8 Å². The Balaban J connectivity index is 1.84. The van der Waals surface area contributed by atoms with E-state index in [9.17, 15) is 0 Å². The molecule has 4 rings (SSSR count). The molecule has 0 heterocycles. The number of hydrogen-bond donors (Lipinski definition) is 1. The Bertz CT molecular complexity index is 219. The van der Waals surface area contributed by atoms with E-state index in [1.54, 1.807) is 0 Å². The van der Waals surface area contributed by atoms with E-state index in [1.807, 2.05) is 0 Å². The second-order valence-corrected chi connectivity index (χ2v) is 5.92. The average molecular weight is 191 g/mol. The fraction of sp³-hybridized carbons (Fsp3) is 0.846. The highest BCUT2D eigenvalue weighted by atomic mass is 14.5. The van der Waals surface area contributed by atoms with Crippen molar-refractivity contribution < 1.29 is 0 Å². The first-order chi connectivity index (χ1) is 6.80. The Morgan fingerprint density at radius 2 is 1.50 bits per heavy atom. The Morgan fingerprint density at radius 1 is 1.00 bits per heavy atom. The van der Waals surface area contributed by atoms with Gasteiger partial charge in [-0.3, -0.25) is 0 Å². The molecule has 0 amide bonds. The van der Waals surface area contributed by atoms with Crippen molar-refractivity contribution in [3.63, 3.8) is 0 Å². The van der Waals surface area contributed by atoms with E-state index in [0.717, 1.165) is 24.3 Å². The van der Waals surface area contributed by atoms with Crippen LogP contribution in [0.3, 0.4) is 0 Å². The largest absolute Gasteiger partial charge is 0.327 e. The van der Waals surface area contributed by atoms with Crippen LogP contribution in [0.2, 0.25) is 0 Å². The molecular formula is C13H21N. The van der Waals surface area contributed by atoms with Crippen LogP contribution in [0.1, 0.15) is 38.5 Å². The molecule has 0 aromatic rings. The van der Waals surface area contributed by atoms with Gasteiger partial charge in [0.1, 0.15) is 0 Å². The third-order valence-electron chi connectivity index (χ3n) is 4.69. The number of nitrogens with two attached hydrogens (primary N) is 1. The lowest BCUT2D eigenvalue weighted by molar-refractivity contribution is -0.0238. The molecule has 0 aliphatic heterocycles. The Hall–Kier alpha value is -0.300. The van der Waals surface area contributed by atoms with Gasteiger partial charge in [-0.1, -0.05) is 12.2 Å². The Kier molecular flexibility index (Phi) is 1.98.